The Bertz CT molecular complexity index is 979. The van der Waals surface area contributed by atoms with E-state index in [1.807, 2.05) is 0 Å². The highest BCUT2D eigenvalue weighted by Gasteiger charge is 2.29. The second kappa shape index (κ2) is 8.78. The van der Waals surface area contributed by atoms with Crippen LogP contribution in [0.15, 0.2) is 12.1 Å². The van der Waals surface area contributed by atoms with E-state index in [0.717, 1.165) is 36.4 Å². The van der Waals surface area contributed by atoms with Crippen molar-refractivity contribution in [2.45, 2.75) is 39.5 Å². The first-order valence-corrected chi connectivity index (χ1v) is 10.6. The van der Waals surface area contributed by atoms with E-state index in [9.17, 15) is 18.4 Å². The highest BCUT2D eigenvalue weighted by Crippen LogP contribution is 2.30. The Morgan fingerprint density at radius 2 is 1.61 bits per heavy atom. The van der Waals surface area contributed by atoms with Crippen molar-refractivity contribution in [3.05, 3.63) is 23.8 Å². The van der Waals surface area contributed by atoms with Crippen molar-refractivity contribution >= 4 is 23.1 Å². The number of carbonyl (C=O) groups is 2. The average Bonchev–Trinajstić information content (AvgIpc) is 3.08. The third kappa shape index (κ3) is 4.63. The molecule has 10 heteroatoms. The summed E-state index contributed by atoms with van der Waals surface area (Å²) in [4.78, 5) is 32.0. The molecule has 1 aromatic heterocycles. The zero-order valence-electron chi connectivity index (χ0n) is 17.6. The topological polar surface area (TPSA) is 76.9 Å². The van der Waals surface area contributed by atoms with E-state index in [0.29, 0.717) is 44.1 Å². The standard InChI is InChI=1S/C21H26F2N4O4/c1-13-3-7-25(8-4-13)20(28)27-17-12-15(22)11-16(23)18(17)19(24-27)30-21(29)31-26-9-5-14(2)6-10-26/h11-14H,3-10H2,1-2H3. The summed E-state index contributed by atoms with van der Waals surface area (Å²) >= 11 is 0. The molecule has 2 saturated heterocycles. The van der Waals surface area contributed by atoms with Crippen molar-refractivity contribution < 1.29 is 27.9 Å². The number of likely N-dealkylation sites (tertiary alicyclic amines) is 1. The first-order valence-electron chi connectivity index (χ1n) is 10.6. The maximum Gasteiger partial charge on any atom is 0.534 e. The van der Waals surface area contributed by atoms with Gasteiger partial charge in [-0.25, -0.2) is 18.4 Å². The summed E-state index contributed by atoms with van der Waals surface area (Å²) in [6.45, 7) is 6.40. The molecule has 0 radical (unpaired) electrons. The van der Waals surface area contributed by atoms with Gasteiger partial charge in [-0.15, -0.1) is 10.2 Å². The summed E-state index contributed by atoms with van der Waals surface area (Å²) in [5.74, 6) is -1.22. The lowest BCUT2D eigenvalue weighted by Crippen LogP contribution is -2.40. The highest BCUT2D eigenvalue weighted by atomic mass is 19.1. The van der Waals surface area contributed by atoms with Crippen LogP contribution in [-0.2, 0) is 4.84 Å². The molecule has 8 nitrogen and oxygen atoms in total. The van der Waals surface area contributed by atoms with Gasteiger partial charge in [0.15, 0.2) is 0 Å². The summed E-state index contributed by atoms with van der Waals surface area (Å²) in [6.07, 6.45) is 2.34. The first-order chi connectivity index (χ1) is 14.8. The molecule has 2 aliphatic heterocycles. The molecule has 0 aliphatic carbocycles. The fourth-order valence-electron chi connectivity index (χ4n) is 3.96. The van der Waals surface area contributed by atoms with Crippen molar-refractivity contribution in [1.29, 1.82) is 0 Å². The minimum Gasteiger partial charge on any atom is -0.372 e. The molecule has 3 heterocycles. The van der Waals surface area contributed by atoms with Crippen molar-refractivity contribution in [3.8, 4) is 5.88 Å². The molecule has 4 rings (SSSR count). The van der Waals surface area contributed by atoms with Crippen LogP contribution in [0.1, 0.15) is 39.5 Å². The van der Waals surface area contributed by atoms with Crippen LogP contribution < -0.4 is 4.74 Å². The smallest absolute Gasteiger partial charge is 0.372 e. The predicted molar refractivity (Wildman–Crippen MR) is 107 cm³/mol. The van der Waals surface area contributed by atoms with Crippen LogP contribution in [0.4, 0.5) is 18.4 Å². The van der Waals surface area contributed by atoms with E-state index in [4.69, 9.17) is 9.57 Å². The maximum atomic E-state index is 14.6. The number of ether oxygens (including phenoxy) is 1. The van der Waals surface area contributed by atoms with Gasteiger partial charge in [-0.2, -0.15) is 4.68 Å². The Balaban J connectivity index is 1.58. The van der Waals surface area contributed by atoms with Gasteiger partial charge in [0.1, 0.15) is 17.0 Å². The minimum absolute atomic E-state index is 0.101. The number of piperidine rings is 2. The molecule has 2 aromatic rings. The van der Waals surface area contributed by atoms with Gasteiger partial charge >= 0.3 is 12.2 Å². The van der Waals surface area contributed by atoms with Gasteiger partial charge in [-0.05, 0) is 37.5 Å². The molecule has 1 amide bonds. The van der Waals surface area contributed by atoms with E-state index in [2.05, 4.69) is 18.9 Å². The number of carbonyl (C=O) groups excluding carboxylic acids is 2. The molecular formula is C21H26F2N4O4. The van der Waals surface area contributed by atoms with Crippen molar-refractivity contribution in [2.75, 3.05) is 26.2 Å². The number of aromatic nitrogens is 2. The Morgan fingerprint density at radius 3 is 2.26 bits per heavy atom. The first kappa shape index (κ1) is 21.5. The molecule has 168 valence electrons. The van der Waals surface area contributed by atoms with Gasteiger partial charge in [-0.3, -0.25) is 0 Å². The van der Waals surface area contributed by atoms with E-state index in [1.54, 1.807) is 4.90 Å². The molecule has 0 spiro atoms. The Morgan fingerprint density at radius 1 is 1.00 bits per heavy atom. The molecule has 0 saturated carbocycles. The molecule has 31 heavy (non-hydrogen) atoms. The monoisotopic (exact) mass is 436 g/mol. The van der Waals surface area contributed by atoms with Crippen molar-refractivity contribution in [3.63, 3.8) is 0 Å². The number of rotatable bonds is 2. The Hall–Kier alpha value is -2.75. The number of benzene rings is 1. The fraction of sp³-hybridized carbons (Fsp3) is 0.571. The van der Waals surface area contributed by atoms with E-state index in [-0.39, 0.29) is 10.9 Å². The molecule has 1 aromatic carbocycles. The fourth-order valence-corrected chi connectivity index (χ4v) is 3.96. The normalized spacial score (nSPS) is 19.0. The average molecular weight is 436 g/mol. The van der Waals surface area contributed by atoms with Gasteiger partial charge in [0.05, 0.1) is 5.52 Å². The zero-order valence-corrected chi connectivity index (χ0v) is 17.6. The number of halogens is 2. The van der Waals surface area contributed by atoms with Gasteiger partial charge in [0, 0.05) is 38.3 Å². The van der Waals surface area contributed by atoms with Crippen LogP contribution in [-0.4, -0.2) is 58.1 Å². The number of nitrogens with zero attached hydrogens (tertiary/aromatic N) is 4. The molecule has 0 N–H and O–H groups in total. The predicted octanol–water partition coefficient (Wildman–Crippen LogP) is 4.18. The van der Waals surface area contributed by atoms with Crippen LogP contribution in [0, 0.1) is 23.5 Å². The molecule has 0 bridgehead atoms. The number of hydroxylamine groups is 2. The van der Waals surface area contributed by atoms with Gasteiger partial charge in [0.2, 0.25) is 0 Å². The lowest BCUT2D eigenvalue weighted by Gasteiger charge is -2.29. The van der Waals surface area contributed by atoms with Gasteiger partial charge < -0.3 is 14.5 Å². The van der Waals surface area contributed by atoms with Crippen LogP contribution in [0.25, 0.3) is 10.9 Å². The number of amides is 1. The third-order valence-electron chi connectivity index (χ3n) is 6.03. The van der Waals surface area contributed by atoms with Crippen LogP contribution in [0.5, 0.6) is 5.88 Å². The number of hydrogen-bond donors (Lipinski definition) is 0. The molecule has 2 aliphatic rings. The second-order valence-corrected chi connectivity index (χ2v) is 8.51. The minimum atomic E-state index is -1.08. The number of hydrogen-bond acceptors (Lipinski definition) is 6. The molecular weight excluding hydrogens is 410 g/mol. The lowest BCUT2D eigenvalue weighted by molar-refractivity contribution is -0.131. The summed E-state index contributed by atoms with van der Waals surface area (Å²) < 4.78 is 34.5. The van der Waals surface area contributed by atoms with E-state index < -0.39 is 29.7 Å². The summed E-state index contributed by atoms with van der Waals surface area (Å²) in [7, 11) is 0. The highest BCUT2D eigenvalue weighted by molar-refractivity contribution is 5.94. The van der Waals surface area contributed by atoms with Crippen LogP contribution in [0.2, 0.25) is 0 Å². The number of fused-ring (bicyclic) bond motifs is 1. The van der Waals surface area contributed by atoms with E-state index in [1.165, 1.54) is 5.06 Å². The van der Waals surface area contributed by atoms with E-state index >= 15 is 0 Å². The second-order valence-electron chi connectivity index (χ2n) is 8.51. The third-order valence-corrected chi connectivity index (χ3v) is 6.03. The Kier molecular flexibility index (Phi) is 6.08. The molecule has 0 unspecified atom stereocenters. The molecule has 0 atom stereocenters. The maximum absolute atomic E-state index is 14.6. The lowest BCUT2D eigenvalue weighted by atomic mass is 10.00. The quantitative estimate of drug-likeness (QED) is 0.658. The summed E-state index contributed by atoms with van der Waals surface area (Å²) in [6, 6.07) is 1.14. The van der Waals surface area contributed by atoms with Crippen LogP contribution >= 0.6 is 0 Å². The van der Waals surface area contributed by atoms with Gasteiger partial charge in [-0.1, -0.05) is 13.8 Å². The SMILES string of the molecule is CC1CCN(OC(=O)Oc2nn(C(=O)N3CCC(C)CC3)c3cc(F)cc(F)c23)CC1. The van der Waals surface area contributed by atoms with Crippen molar-refractivity contribution in [1.82, 2.24) is 19.7 Å². The largest absolute Gasteiger partial charge is 0.534 e. The van der Waals surface area contributed by atoms with Gasteiger partial charge in [0.25, 0.3) is 5.88 Å². The Labute approximate surface area is 178 Å². The zero-order chi connectivity index (χ0) is 22.1. The van der Waals surface area contributed by atoms with Crippen LogP contribution in [0.3, 0.4) is 0 Å². The summed E-state index contributed by atoms with van der Waals surface area (Å²) in [5.41, 5.74) is -0.101. The summed E-state index contributed by atoms with van der Waals surface area (Å²) in [5, 5.41) is 5.25. The van der Waals surface area contributed by atoms with Crippen molar-refractivity contribution in [2.24, 2.45) is 11.8 Å². The molecule has 2 fully saturated rings.